The number of anilines is 1. The van der Waals surface area contributed by atoms with Crippen LogP contribution in [0.1, 0.15) is 32.3 Å². The molecule has 0 spiro atoms. The van der Waals surface area contributed by atoms with Crippen LogP contribution in [-0.4, -0.2) is 49.7 Å². The zero-order valence-corrected chi connectivity index (χ0v) is 15.4. The Kier molecular flexibility index (Phi) is 7.25. The number of urea groups is 1. The average molecular weight is 347 g/mol. The summed E-state index contributed by atoms with van der Waals surface area (Å²) in [5.41, 5.74) is 2.01. The van der Waals surface area contributed by atoms with Crippen molar-refractivity contribution in [2.24, 2.45) is 5.92 Å². The van der Waals surface area contributed by atoms with Gasteiger partial charge in [0.15, 0.2) is 0 Å². The zero-order chi connectivity index (χ0) is 18.2. The van der Waals surface area contributed by atoms with Crippen LogP contribution in [0.4, 0.5) is 10.5 Å². The molecule has 25 heavy (non-hydrogen) atoms. The number of benzene rings is 1. The molecular weight excluding hydrogens is 318 g/mol. The van der Waals surface area contributed by atoms with Crippen LogP contribution in [0.3, 0.4) is 0 Å². The highest BCUT2D eigenvalue weighted by Gasteiger charge is 2.32. The molecule has 2 N–H and O–H groups in total. The average Bonchev–Trinajstić information content (AvgIpc) is 2.62. The fourth-order valence-electron chi connectivity index (χ4n) is 3.04. The Morgan fingerprint density at radius 2 is 1.96 bits per heavy atom. The Bertz CT molecular complexity index is 574. The normalized spacial score (nSPS) is 20.2. The monoisotopic (exact) mass is 347 g/mol. The first kappa shape index (κ1) is 19.2. The molecule has 2 atom stereocenters. The number of hydrogen-bond acceptors (Lipinski definition) is 3. The van der Waals surface area contributed by atoms with Crippen LogP contribution in [0, 0.1) is 5.92 Å². The molecule has 2 rings (SSSR count). The van der Waals surface area contributed by atoms with E-state index < -0.39 is 0 Å². The van der Waals surface area contributed by atoms with Crippen molar-refractivity contribution in [1.82, 2.24) is 10.2 Å². The fraction of sp³-hybridized carbons (Fsp3) is 0.579. The van der Waals surface area contributed by atoms with Crippen molar-refractivity contribution in [3.05, 3.63) is 29.8 Å². The number of nitrogens with one attached hydrogen (secondary N) is 2. The van der Waals surface area contributed by atoms with Crippen LogP contribution in [0.15, 0.2) is 24.3 Å². The maximum Gasteiger partial charge on any atom is 0.322 e. The maximum atomic E-state index is 12.6. The lowest BCUT2D eigenvalue weighted by Gasteiger charge is -2.37. The number of methoxy groups -OCH3 is 1. The van der Waals surface area contributed by atoms with Gasteiger partial charge in [-0.2, -0.15) is 0 Å². The summed E-state index contributed by atoms with van der Waals surface area (Å²) in [5.74, 6) is -0.171. The van der Waals surface area contributed by atoms with E-state index in [-0.39, 0.29) is 23.9 Å². The minimum absolute atomic E-state index is 0.00551. The predicted molar refractivity (Wildman–Crippen MR) is 98.6 cm³/mol. The van der Waals surface area contributed by atoms with Gasteiger partial charge in [-0.3, -0.25) is 4.79 Å². The number of rotatable bonds is 6. The second-order valence-electron chi connectivity index (χ2n) is 6.54. The molecule has 1 saturated heterocycles. The van der Waals surface area contributed by atoms with Crippen molar-refractivity contribution in [3.8, 4) is 0 Å². The third kappa shape index (κ3) is 5.46. The van der Waals surface area contributed by atoms with E-state index >= 15 is 0 Å². The van der Waals surface area contributed by atoms with Crippen molar-refractivity contribution < 1.29 is 14.3 Å². The minimum Gasteiger partial charge on any atom is -0.383 e. The van der Waals surface area contributed by atoms with E-state index in [0.717, 1.165) is 24.9 Å². The van der Waals surface area contributed by atoms with Crippen LogP contribution in [0.5, 0.6) is 0 Å². The van der Waals surface area contributed by atoms with Gasteiger partial charge >= 0.3 is 6.03 Å². The molecule has 1 fully saturated rings. The highest BCUT2D eigenvalue weighted by atomic mass is 16.5. The van der Waals surface area contributed by atoms with Crippen LogP contribution in [0.25, 0.3) is 0 Å². The van der Waals surface area contributed by atoms with Crippen molar-refractivity contribution in [3.63, 3.8) is 0 Å². The van der Waals surface area contributed by atoms with Gasteiger partial charge in [-0.15, -0.1) is 0 Å². The van der Waals surface area contributed by atoms with E-state index in [1.165, 1.54) is 5.56 Å². The van der Waals surface area contributed by atoms with Crippen molar-refractivity contribution in [1.29, 1.82) is 0 Å². The SMILES string of the molecule is CCc1ccc(NC(=O)N2C[C@H](C(=O)NCCOC)CC[C@H]2C)cc1. The number of amides is 3. The first-order valence-electron chi connectivity index (χ1n) is 8.98. The summed E-state index contributed by atoms with van der Waals surface area (Å²) >= 11 is 0. The molecule has 0 unspecified atom stereocenters. The molecule has 0 bridgehead atoms. The topological polar surface area (TPSA) is 70.7 Å². The molecule has 0 aliphatic carbocycles. The first-order chi connectivity index (χ1) is 12.0. The standard InChI is InChI=1S/C19H29N3O3/c1-4-15-6-9-17(10-7-15)21-19(24)22-13-16(8-5-14(22)2)18(23)20-11-12-25-3/h6-7,9-10,14,16H,4-5,8,11-13H2,1-3H3,(H,20,23)(H,21,24)/t14-,16-/m1/s1. The van der Waals surface area contributed by atoms with Gasteiger partial charge in [0, 0.05) is 31.9 Å². The zero-order valence-electron chi connectivity index (χ0n) is 15.4. The molecule has 138 valence electrons. The van der Waals surface area contributed by atoms with Gasteiger partial charge in [0.25, 0.3) is 0 Å². The Balaban J connectivity index is 1.93. The van der Waals surface area contributed by atoms with Crippen molar-refractivity contribution >= 4 is 17.6 Å². The maximum absolute atomic E-state index is 12.6. The summed E-state index contributed by atoms with van der Waals surface area (Å²) in [6, 6.07) is 7.84. The second kappa shape index (κ2) is 9.42. The summed E-state index contributed by atoms with van der Waals surface area (Å²) in [6.07, 6.45) is 2.59. The van der Waals surface area contributed by atoms with E-state index in [0.29, 0.717) is 19.7 Å². The molecule has 1 aromatic rings. The number of carbonyl (C=O) groups is 2. The number of ether oxygens (including phenoxy) is 1. The van der Waals surface area contributed by atoms with Gasteiger partial charge in [-0.05, 0) is 43.9 Å². The molecule has 1 aromatic carbocycles. The Labute approximate surface area is 149 Å². The number of carbonyl (C=O) groups excluding carboxylic acids is 2. The van der Waals surface area contributed by atoms with Gasteiger partial charge in [-0.1, -0.05) is 19.1 Å². The number of nitrogens with zero attached hydrogens (tertiary/aromatic N) is 1. The van der Waals surface area contributed by atoms with E-state index in [1.807, 2.05) is 31.2 Å². The lowest BCUT2D eigenvalue weighted by atomic mass is 9.93. The van der Waals surface area contributed by atoms with E-state index in [1.54, 1.807) is 12.0 Å². The molecule has 6 heteroatoms. The molecule has 0 radical (unpaired) electrons. The highest BCUT2D eigenvalue weighted by Crippen LogP contribution is 2.23. The first-order valence-corrected chi connectivity index (χ1v) is 8.98. The molecule has 0 aromatic heterocycles. The van der Waals surface area contributed by atoms with Gasteiger partial charge in [0.1, 0.15) is 0 Å². The molecule has 1 heterocycles. The molecule has 0 saturated carbocycles. The summed E-state index contributed by atoms with van der Waals surface area (Å²) in [4.78, 5) is 26.6. The van der Waals surface area contributed by atoms with Gasteiger partial charge < -0.3 is 20.3 Å². The summed E-state index contributed by atoms with van der Waals surface area (Å²) < 4.78 is 4.95. The van der Waals surface area contributed by atoms with Gasteiger partial charge in [-0.25, -0.2) is 4.79 Å². The minimum atomic E-state index is -0.165. The lowest BCUT2D eigenvalue weighted by Crippen LogP contribution is -2.51. The predicted octanol–water partition coefficient (Wildman–Crippen LogP) is 2.64. The Morgan fingerprint density at radius 3 is 2.60 bits per heavy atom. The van der Waals surface area contributed by atoms with Crippen LogP contribution in [-0.2, 0) is 16.0 Å². The third-order valence-corrected chi connectivity index (χ3v) is 4.73. The van der Waals surface area contributed by atoms with Crippen molar-refractivity contribution in [2.45, 2.75) is 39.2 Å². The smallest absolute Gasteiger partial charge is 0.322 e. The number of likely N-dealkylation sites (tertiary alicyclic amines) is 1. The van der Waals surface area contributed by atoms with Crippen LogP contribution in [0.2, 0.25) is 0 Å². The summed E-state index contributed by atoms with van der Waals surface area (Å²) in [6.45, 7) is 5.56. The molecule has 1 aliphatic rings. The molecule has 6 nitrogen and oxygen atoms in total. The molecule has 1 aliphatic heterocycles. The second-order valence-corrected chi connectivity index (χ2v) is 6.54. The highest BCUT2D eigenvalue weighted by molar-refractivity contribution is 5.90. The largest absolute Gasteiger partial charge is 0.383 e. The third-order valence-electron chi connectivity index (χ3n) is 4.73. The van der Waals surface area contributed by atoms with Gasteiger partial charge in [0.2, 0.25) is 5.91 Å². The van der Waals surface area contributed by atoms with Crippen LogP contribution < -0.4 is 10.6 Å². The Morgan fingerprint density at radius 1 is 1.24 bits per heavy atom. The van der Waals surface area contributed by atoms with E-state index in [2.05, 4.69) is 17.6 Å². The molecule has 3 amide bonds. The number of hydrogen-bond donors (Lipinski definition) is 2. The number of aryl methyl sites for hydroxylation is 1. The van der Waals surface area contributed by atoms with E-state index in [4.69, 9.17) is 4.74 Å². The summed E-state index contributed by atoms with van der Waals surface area (Å²) in [5, 5.41) is 5.81. The quantitative estimate of drug-likeness (QED) is 0.777. The summed E-state index contributed by atoms with van der Waals surface area (Å²) in [7, 11) is 1.60. The van der Waals surface area contributed by atoms with Crippen LogP contribution >= 0.6 is 0 Å². The van der Waals surface area contributed by atoms with E-state index in [9.17, 15) is 9.59 Å². The fourth-order valence-corrected chi connectivity index (χ4v) is 3.04. The van der Waals surface area contributed by atoms with Crippen molar-refractivity contribution in [2.75, 3.05) is 32.1 Å². The molecular formula is C19H29N3O3. The Hall–Kier alpha value is -2.08. The number of piperidine rings is 1. The lowest BCUT2D eigenvalue weighted by molar-refractivity contribution is -0.126. The van der Waals surface area contributed by atoms with Gasteiger partial charge in [0.05, 0.1) is 12.5 Å².